The van der Waals surface area contributed by atoms with Gasteiger partial charge < -0.3 is 23.4 Å². The lowest BCUT2D eigenvalue weighted by atomic mass is 10.1. The van der Waals surface area contributed by atoms with E-state index in [0.29, 0.717) is 35.8 Å². The number of hydrogen-bond acceptors (Lipinski definition) is 7. The monoisotopic (exact) mass is 470 g/mol. The van der Waals surface area contributed by atoms with Crippen LogP contribution in [0, 0.1) is 0 Å². The largest absolute Gasteiger partial charge is 0.486 e. The quantitative estimate of drug-likeness (QED) is 0.208. The van der Waals surface area contributed by atoms with Crippen molar-refractivity contribution >= 4 is 23.0 Å². The Bertz CT molecular complexity index is 1480. The molecule has 176 valence electrons. The molecule has 3 aromatic carbocycles. The lowest BCUT2D eigenvalue weighted by Gasteiger charge is -2.18. The Balaban J connectivity index is 1.30. The van der Waals surface area contributed by atoms with E-state index in [1.165, 1.54) is 18.4 Å². The van der Waals surface area contributed by atoms with Crippen LogP contribution in [0.5, 0.6) is 28.7 Å². The van der Waals surface area contributed by atoms with Crippen LogP contribution in [0.1, 0.15) is 18.1 Å². The van der Waals surface area contributed by atoms with E-state index in [0.717, 1.165) is 17.5 Å². The number of hydrogen-bond donors (Lipinski definition) is 0. The second kappa shape index (κ2) is 9.77. The second-order valence-electron chi connectivity index (χ2n) is 7.81. The van der Waals surface area contributed by atoms with Gasteiger partial charge in [-0.3, -0.25) is 4.79 Å². The highest BCUT2D eigenvalue weighted by atomic mass is 16.6. The van der Waals surface area contributed by atoms with Crippen molar-refractivity contribution in [2.45, 2.75) is 13.3 Å². The Morgan fingerprint density at radius 2 is 1.80 bits per heavy atom. The average Bonchev–Trinajstić information content (AvgIpc) is 2.89. The summed E-state index contributed by atoms with van der Waals surface area (Å²) in [7, 11) is 0. The van der Waals surface area contributed by atoms with E-state index in [1.54, 1.807) is 30.3 Å². The molecule has 1 aromatic heterocycles. The highest BCUT2D eigenvalue weighted by Crippen LogP contribution is 2.31. The Morgan fingerprint density at radius 1 is 0.971 bits per heavy atom. The van der Waals surface area contributed by atoms with Crippen molar-refractivity contribution in [3.8, 4) is 28.7 Å². The van der Waals surface area contributed by atoms with Gasteiger partial charge in [-0.1, -0.05) is 31.2 Å². The van der Waals surface area contributed by atoms with Gasteiger partial charge in [0.1, 0.15) is 36.6 Å². The topological polar surface area (TPSA) is 84.2 Å². The smallest absolute Gasteiger partial charge is 0.336 e. The van der Waals surface area contributed by atoms with Crippen LogP contribution in [0.3, 0.4) is 0 Å². The van der Waals surface area contributed by atoms with Crippen molar-refractivity contribution in [1.82, 2.24) is 0 Å². The molecule has 5 rings (SSSR count). The number of carbonyl (C=O) groups is 1. The molecule has 0 unspecified atom stereocenters. The molecule has 1 aliphatic rings. The van der Waals surface area contributed by atoms with Crippen molar-refractivity contribution in [3.63, 3.8) is 0 Å². The molecule has 1 aliphatic heterocycles. The number of esters is 1. The third-order valence-corrected chi connectivity index (χ3v) is 5.48. The molecule has 35 heavy (non-hydrogen) atoms. The van der Waals surface area contributed by atoms with Crippen molar-refractivity contribution in [2.24, 2.45) is 0 Å². The summed E-state index contributed by atoms with van der Waals surface area (Å²) in [6.45, 7) is 3.01. The molecular weight excluding hydrogens is 448 g/mol. The number of aryl methyl sites for hydroxylation is 1. The summed E-state index contributed by atoms with van der Waals surface area (Å²) in [6.07, 6.45) is 4.98. The summed E-state index contributed by atoms with van der Waals surface area (Å²) in [4.78, 5) is 25.2. The van der Waals surface area contributed by atoms with Crippen LogP contribution in [-0.4, -0.2) is 19.2 Å². The minimum atomic E-state index is -0.572. The summed E-state index contributed by atoms with van der Waals surface area (Å²) in [6, 6.07) is 17.5. The molecule has 7 nitrogen and oxygen atoms in total. The molecule has 0 fully saturated rings. The summed E-state index contributed by atoms with van der Waals surface area (Å²) in [5.41, 5.74) is 1.73. The minimum absolute atomic E-state index is 0.0884. The van der Waals surface area contributed by atoms with E-state index in [2.05, 4.69) is 0 Å². The van der Waals surface area contributed by atoms with Gasteiger partial charge in [-0.05, 0) is 54.0 Å². The molecule has 0 amide bonds. The van der Waals surface area contributed by atoms with E-state index in [1.807, 2.05) is 37.3 Å². The molecule has 0 saturated carbocycles. The van der Waals surface area contributed by atoms with E-state index in [4.69, 9.17) is 23.4 Å². The zero-order chi connectivity index (χ0) is 24.2. The minimum Gasteiger partial charge on any atom is -0.486 e. The van der Waals surface area contributed by atoms with Crippen LogP contribution in [0.25, 0.3) is 17.0 Å². The summed E-state index contributed by atoms with van der Waals surface area (Å²) < 4.78 is 27.9. The molecule has 7 heteroatoms. The lowest BCUT2D eigenvalue weighted by molar-refractivity contribution is -0.128. The highest BCUT2D eigenvalue weighted by Gasteiger charge is 2.13. The van der Waals surface area contributed by atoms with Gasteiger partial charge in [-0.2, -0.15) is 0 Å². The number of ether oxygens (including phenoxy) is 4. The molecule has 0 spiro atoms. The van der Waals surface area contributed by atoms with Crippen molar-refractivity contribution in [2.75, 3.05) is 13.2 Å². The molecule has 0 N–H and O–H groups in total. The molecular formula is C28H22O7. The van der Waals surface area contributed by atoms with Crippen molar-refractivity contribution < 1.29 is 28.2 Å². The number of fused-ring (bicyclic) bond motifs is 2. The van der Waals surface area contributed by atoms with Crippen molar-refractivity contribution in [3.05, 3.63) is 94.4 Å². The molecule has 0 atom stereocenters. The standard InChI is InChI=1S/C28H22O7/c1-2-19-5-3-4-6-22(19)35-26-17-33-24-16-20(9-10-21(24)28(26)30)34-27(29)12-8-18-7-11-23-25(15-18)32-14-13-31-23/h3-12,15-17H,2,13-14H2,1H3. The van der Waals surface area contributed by atoms with E-state index < -0.39 is 5.97 Å². The van der Waals surface area contributed by atoms with Crippen LogP contribution in [0.15, 0.2) is 82.2 Å². The zero-order valence-corrected chi connectivity index (χ0v) is 19.0. The Hall–Kier alpha value is -4.52. The van der Waals surface area contributed by atoms with Gasteiger partial charge in [-0.25, -0.2) is 4.79 Å². The number of carbonyl (C=O) groups excluding carboxylic acids is 1. The third-order valence-electron chi connectivity index (χ3n) is 5.48. The number of para-hydroxylation sites is 1. The third kappa shape index (κ3) is 4.89. The number of rotatable bonds is 6. The average molecular weight is 470 g/mol. The Labute approximate surface area is 201 Å². The summed E-state index contributed by atoms with van der Waals surface area (Å²) >= 11 is 0. The molecule has 0 aliphatic carbocycles. The fraction of sp³-hybridized carbons (Fsp3) is 0.143. The van der Waals surface area contributed by atoms with E-state index >= 15 is 0 Å². The highest BCUT2D eigenvalue weighted by molar-refractivity contribution is 5.89. The van der Waals surface area contributed by atoms with Crippen LogP contribution >= 0.6 is 0 Å². The molecule has 0 saturated heterocycles. The van der Waals surface area contributed by atoms with Gasteiger partial charge in [0, 0.05) is 12.1 Å². The fourth-order valence-electron chi connectivity index (χ4n) is 3.72. The van der Waals surface area contributed by atoms with E-state index in [-0.39, 0.29) is 22.5 Å². The predicted octanol–water partition coefficient (Wildman–Crippen LogP) is 5.54. The van der Waals surface area contributed by atoms with Crippen LogP contribution < -0.4 is 24.4 Å². The second-order valence-corrected chi connectivity index (χ2v) is 7.81. The normalized spacial score (nSPS) is 12.6. The summed E-state index contributed by atoms with van der Waals surface area (Å²) in [5, 5.41) is 0.322. The maximum atomic E-state index is 12.9. The van der Waals surface area contributed by atoms with E-state index in [9.17, 15) is 9.59 Å². The van der Waals surface area contributed by atoms with Gasteiger partial charge in [0.25, 0.3) is 0 Å². The maximum absolute atomic E-state index is 12.9. The van der Waals surface area contributed by atoms with Gasteiger partial charge in [0.05, 0.1) is 5.39 Å². The fourth-order valence-corrected chi connectivity index (χ4v) is 3.72. The van der Waals surface area contributed by atoms with Gasteiger partial charge in [0.15, 0.2) is 11.5 Å². The zero-order valence-electron chi connectivity index (χ0n) is 19.0. The molecule has 0 bridgehead atoms. The SMILES string of the molecule is CCc1ccccc1Oc1coc2cc(OC(=O)C=Cc3ccc4c(c3)OCCO4)ccc2c1=O. The first-order chi connectivity index (χ1) is 17.1. The molecule has 4 aromatic rings. The molecule has 2 heterocycles. The van der Waals surface area contributed by atoms with Crippen molar-refractivity contribution in [1.29, 1.82) is 0 Å². The van der Waals surface area contributed by atoms with Gasteiger partial charge in [0.2, 0.25) is 11.2 Å². The van der Waals surface area contributed by atoms with Gasteiger partial charge in [-0.15, -0.1) is 0 Å². The Kier molecular flexibility index (Phi) is 6.22. The first-order valence-electron chi connectivity index (χ1n) is 11.2. The van der Waals surface area contributed by atoms with Crippen LogP contribution in [-0.2, 0) is 11.2 Å². The number of benzene rings is 3. The van der Waals surface area contributed by atoms with Crippen LogP contribution in [0.4, 0.5) is 0 Å². The summed E-state index contributed by atoms with van der Waals surface area (Å²) in [5.74, 6) is 1.69. The van der Waals surface area contributed by atoms with Crippen LogP contribution in [0.2, 0.25) is 0 Å². The maximum Gasteiger partial charge on any atom is 0.336 e. The predicted molar refractivity (Wildman–Crippen MR) is 130 cm³/mol. The molecule has 0 radical (unpaired) electrons. The van der Waals surface area contributed by atoms with Gasteiger partial charge >= 0.3 is 5.97 Å². The first-order valence-corrected chi connectivity index (χ1v) is 11.2. The first kappa shape index (κ1) is 22.3. The Morgan fingerprint density at radius 3 is 2.66 bits per heavy atom. The lowest BCUT2D eigenvalue weighted by Crippen LogP contribution is -2.15.